The highest BCUT2D eigenvalue weighted by atomic mass is 32.1. The minimum Gasteiger partial charge on any atom is -0.314 e. The van der Waals surface area contributed by atoms with Crippen LogP contribution in [0.4, 0.5) is 0 Å². The maximum absolute atomic E-state index is 4.34. The highest BCUT2D eigenvalue weighted by molar-refractivity contribution is 7.07. The fourth-order valence-corrected chi connectivity index (χ4v) is 2.53. The molecule has 0 spiro atoms. The molecular formula is C10H17N3S. The van der Waals surface area contributed by atoms with Gasteiger partial charge in [-0.05, 0) is 13.8 Å². The van der Waals surface area contributed by atoms with Crippen molar-refractivity contribution in [1.82, 2.24) is 15.2 Å². The van der Waals surface area contributed by atoms with Gasteiger partial charge in [-0.2, -0.15) is 0 Å². The number of rotatable bonds is 2. The highest BCUT2D eigenvalue weighted by Gasteiger charge is 2.24. The summed E-state index contributed by atoms with van der Waals surface area (Å²) in [6, 6.07) is 1.22. The summed E-state index contributed by atoms with van der Waals surface area (Å²) >= 11 is 1.68. The summed E-state index contributed by atoms with van der Waals surface area (Å²) in [4.78, 5) is 6.86. The first-order valence-corrected chi connectivity index (χ1v) is 6.05. The van der Waals surface area contributed by atoms with E-state index in [1.165, 1.54) is 5.69 Å². The van der Waals surface area contributed by atoms with Gasteiger partial charge in [0.1, 0.15) is 0 Å². The van der Waals surface area contributed by atoms with Crippen LogP contribution < -0.4 is 5.32 Å². The molecule has 0 bridgehead atoms. The van der Waals surface area contributed by atoms with E-state index in [1.54, 1.807) is 11.3 Å². The Kier molecular flexibility index (Phi) is 3.15. The number of aromatic nitrogens is 1. The van der Waals surface area contributed by atoms with Crippen molar-refractivity contribution >= 4 is 11.3 Å². The van der Waals surface area contributed by atoms with Crippen LogP contribution in [0.15, 0.2) is 10.9 Å². The van der Waals surface area contributed by atoms with Gasteiger partial charge in [0.2, 0.25) is 0 Å². The zero-order chi connectivity index (χ0) is 9.97. The molecule has 1 aliphatic heterocycles. The van der Waals surface area contributed by atoms with E-state index in [0.717, 1.165) is 19.6 Å². The van der Waals surface area contributed by atoms with E-state index >= 15 is 0 Å². The molecule has 3 nitrogen and oxygen atoms in total. The summed E-state index contributed by atoms with van der Waals surface area (Å²) in [7, 11) is 0. The van der Waals surface area contributed by atoms with Crippen LogP contribution in [-0.4, -0.2) is 35.1 Å². The number of thiazole rings is 1. The Bertz CT molecular complexity index is 263. The van der Waals surface area contributed by atoms with E-state index in [1.807, 2.05) is 5.51 Å². The molecule has 1 saturated heterocycles. The lowest BCUT2D eigenvalue weighted by atomic mass is 10.1. The predicted octanol–water partition coefficient (Wildman–Crippen LogP) is 1.33. The zero-order valence-electron chi connectivity index (χ0n) is 8.73. The number of hydrogen-bond donors (Lipinski definition) is 1. The predicted molar refractivity (Wildman–Crippen MR) is 59.5 cm³/mol. The molecule has 4 heteroatoms. The molecule has 0 saturated carbocycles. The van der Waals surface area contributed by atoms with Crippen molar-refractivity contribution in [2.45, 2.75) is 32.5 Å². The summed E-state index contributed by atoms with van der Waals surface area (Å²) in [5.41, 5.74) is 3.11. The number of hydrogen-bond acceptors (Lipinski definition) is 4. The van der Waals surface area contributed by atoms with Crippen molar-refractivity contribution < 1.29 is 0 Å². The molecule has 78 valence electrons. The zero-order valence-corrected chi connectivity index (χ0v) is 9.55. The molecule has 1 N–H and O–H groups in total. The van der Waals surface area contributed by atoms with Crippen molar-refractivity contribution in [2.75, 3.05) is 13.1 Å². The molecule has 1 aromatic rings. The second kappa shape index (κ2) is 4.38. The molecule has 1 aliphatic rings. The monoisotopic (exact) mass is 211 g/mol. The normalized spacial score (nSPS) is 29.3. The van der Waals surface area contributed by atoms with Crippen molar-refractivity contribution in [3.05, 3.63) is 16.6 Å². The Balaban J connectivity index is 2.01. The SMILES string of the molecule is C[C@@H]1CNC[C@H](C)N1Cc1cscn1. The maximum atomic E-state index is 4.34. The molecule has 0 amide bonds. The maximum Gasteiger partial charge on any atom is 0.0795 e. The lowest BCUT2D eigenvalue weighted by Crippen LogP contribution is -2.54. The Morgan fingerprint density at radius 3 is 2.79 bits per heavy atom. The minimum absolute atomic E-state index is 0.612. The van der Waals surface area contributed by atoms with Crippen molar-refractivity contribution in [3.8, 4) is 0 Å². The van der Waals surface area contributed by atoms with Crippen LogP contribution in [0.3, 0.4) is 0 Å². The Morgan fingerprint density at radius 2 is 2.21 bits per heavy atom. The summed E-state index contributed by atoms with van der Waals surface area (Å²) in [6.45, 7) is 7.72. The summed E-state index contributed by atoms with van der Waals surface area (Å²) in [5, 5.41) is 5.57. The number of nitrogens with zero attached hydrogens (tertiary/aromatic N) is 2. The van der Waals surface area contributed by atoms with Crippen LogP contribution in [0, 0.1) is 0 Å². The van der Waals surface area contributed by atoms with E-state index in [4.69, 9.17) is 0 Å². The van der Waals surface area contributed by atoms with Crippen LogP contribution in [0.2, 0.25) is 0 Å². The van der Waals surface area contributed by atoms with Gasteiger partial charge in [0, 0.05) is 37.1 Å². The summed E-state index contributed by atoms with van der Waals surface area (Å²) < 4.78 is 0. The standard InChI is InChI=1S/C10H17N3S/c1-8-3-11-4-9(2)13(8)5-10-6-14-7-12-10/h6-9,11H,3-5H2,1-2H3/t8-,9+. The fraction of sp³-hybridized carbons (Fsp3) is 0.700. The number of nitrogens with one attached hydrogen (secondary N) is 1. The third-order valence-electron chi connectivity index (χ3n) is 2.84. The van der Waals surface area contributed by atoms with Gasteiger partial charge in [-0.1, -0.05) is 0 Å². The van der Waals surface area contributed by atoms with Crippen LogP contribution in [0.5, 0.6) is 0 Å². The van der Waals surface area contributed by atoms with Gasteiger partial charge in [0.05, 0.1) is 11.2 Å². The van der Waals surface area contributed by atoms with Crippen molar-refractivity contribution in [3.63, 3.8) is 0 Å². The number of piperazine rings is 1. The Labute approximate surface area is 89.1 Å². The second-order valence-corrected chi connectivity index (χ2v) is 4.73. The minimum atomic E-state index is 0.612. The Morgan fingerprint density at radius 1 is 1.50 bits per heavy atom. The third-order valence-corrected chi connectivity index (χ3v) is 3.48. The quantitative estimate of drug-likeness (QED) is 0.800. The molecule has 0 aromatic carbocycles. The van der Waals surface area contributed by atoms with Gasteiger partial charge in [-0.25, -0.2) is 4.98 Å². The van der Waals surface area contributed by atoms with Gasteiger partial charge >= 0.3 is 0 Å². The van der Waals surface area contributed by atoms with E-state index in [9.17, 15) is 0 Å². The first kappa shape index (κ1) is 10.1. The van der Waals surface area contributed by atoms with Crippen molar-refractivity contribution in [2.24, 2.45) is 0 Å². The van der Waals surface area contributed by atoms with E-state index < -0.39 is 0 Å². The van der Waals surface area contributed by atoms with E-state index in [2.05, 4.69) is 34.4 Å². The first-order valence-electron chi connectivity index (χ1n) is 5.11. The molecule has 14 heavy (non-hydrogen) atoms. The van der Waals surface area contributed by atoms with Crippen molar-refractivity contribution in [1.29, 1.82) is 0 Å². The van der Waals surface area contributed by atoms with Gasteiger partial charge in [0.15, 0.2) is 0 Å². The fourth-order valence-electron chi connectivity index (χ4n) is 1.98. The molecule has 2 heterocycles. The molecule has 0 unspecified atom stereocenters. The summed E-state index contributed by atoms with van der Waals surface area (Å²) in [5.74, 6) is 0. The van der Waals surface area contributed by atoms with Crippen LogP contribution in [0.25, 0.3) is 0 Å². The lowest BCUT2D eigenvalue weighted by Gasteiger charge is -2.38. The van der Waals surface area contributed by atoms with Gasteiger partial charge in [-0.15, -0.1) is 11.3 Å². The van der Waals surface area contributed by atoms with Crippen LogP contribution >= 0.6 is 11.3 Å². The smallest absolute Gasteiger partial charge is 0.0795 e. The molecule has 1 fully saturated rings. The molecule has 2 rings (SSSR count). The van der Waals surface area contributed by atoms with Gasteiger partial charge in [0.25, 0.3) is 0 Å². The second-order valence-electron chi connectivity index (χ2n) is 4.01. The largest absolute Gasteiger partial charge is 0.314 e. The van der Waals surface area contributed by atoms with E-state index in [0.29, 0.717) is 12.1 Å². The van der Waals surface area contributed by atoms with E-state index in [-0.39, 0.29) is 0 Å². The first-order chi connectivity index (χ1) is 6.77. The molecule has 0 radical (unpaired) electrons. The average Bonchev–Trinajstić information content (AvgIpc) is 2.64. The van der Waals surface area contributed by atoms with Crippen LogP contribution in [-0.2, 0) is 6.54 Å². The third kappa shape index (κ3) is 2.13. The molecular weight excluding hydrogens is 194 g/mol. The van der Waals surface area contributed by atoms with Crippen LogP contribution in [0.1, 0.15) is 19.5 Å². The summed E-state index contributed by atoms with van der Waals surface area (Å²) in [6.07, 6.45) is 0. The molecule has 1 aromatic heterocycles. The molecule has 0 aliphatic carbocycles. The lowest BCUT2D eigenvalue weighted by molar-refractivity contribution is 0.107. The average molecular weight is 211 g/mol. The Hall–Kier alpha value is -0.450. The highest BCUT2D eigenvalue weighted by Crippen LogP contribution is 2.14. The molecule has 2 atom stereocenters. The van der Waals surface area contributed by atoms with Gasteiger partial charge in [-0.3, -0.25) is 4.90 Å². The topological polar surface area (TPSA) is 28.2 Å². The van der Waals surface area contributed by atoms with Gasteiger partial charge < -0.3 is 5.32 Å².